The lowest BCUT2D eigenvalue weighted by atomic mass is 10.1. The summed E-state index contributed by atoms with van der Waals surface area (Å²) in [5.74, 6) is -0.307. The molecule has 0 spiro atoms. The van der Waals surface area contributed by atoms with Gasteiger partial charge in [0.05, 0.1) is 12.6 Å². The molecule has 7 heteroatoms. The highest BCUT2D eigenvalue weighted by atomic mass is 35.5. The van der Waals surface area contributed by atoms with Crippen LogP contribution >= 0.6 is 12.4 Å². The van der Waals surface area contributed by atoms with Crippen LogP contribution in [0, 0.1) is 0 Å². The van der Waals surface area contributed by atoms with E-state index in [1.165, 1.54) is 0 Å². The lowest BCUT2D eigenvalue weighted by Gasteiger charge is -2.13. The molecular formula is C19H23ClN4O2. The lowest BCUT2D eigenvalue weighted by molar-refractivity contribution is -0.121. The Bertz CT molecular complexity index is 754. The summed E-state index contributed by atoms with van der Waals surface area (Å²) in [5, 5.41) is 8.88. The van der Waals surface area contributed by atoms with Gasteiger partial charge in [-0.25, -0.2) is 0 Å². The number of nitrogens with two attached hydrogens (primary N) is 1. The molecule has 3 rings (SSSR count). The highest BCUT2D eigenvalue weighted by Gasteiger charge is 2.30. The molecule has 0 aromatic heterocycles. The van der Waals surface area contributed by atoms with Crippen LogP contribution in [0.5, 0.6) is 0 Å². The topological polar surface area (TPSA) is 96.2 Å². The first-order valence-corrected chi connectivity index (χ1v) is 8.35. The van der Waals surface area contributed by atoms with E-state index in [0.717, 1.165) is 16.8 Å². The summed E-state index contributed by atoms with van der Waals surface area (Å²) >= 11 is 0. The number of benzene rings is 2. The minimum atomic E-state index is -0.330. The Balaban J connectivity index is 0.00000243. The maximum Gasteiger partial charge on any atom is 0.241 e. The van der Waals surface area contributed by atoms with Crippen molar-refractivity contribution in [1.29, 1.82) is 0 Å². The van der Waals surface area contributed by atoms with Gasteiger partial charge >= 0.3 is 0 Å². The van der Waals surface area contributed by atoms with E-state index in [1.54, 1.807) is 0 Å². The monoisotopic (exact) mass is 374 g/mol. The Morgan fingerprint density at radius 2 is 1.81 bits per heavy atom. The molecule has 0 aliphatic carbocycles. The van der Waals surface area contributed by atoms with Gasteiger partial charge in [0.25, 0.3) is 0 Å². The van der Waals surface area contributed by atoms with Crippen molar-refractivity contribution in [1.82, 2.24) is 10.6 Å². The van der Waals surface area contributed by atoms with Gasteiger partial charge in [0, 0.05) is 18.3 Å². The van der Waals surface area contributed by atoms with Gasteiger partial charge in [0.2, 0.25) is 11.8 Å². The Kier molecular flexibility index (Phi) is 7.15. The zero-order chi connectivity index (χ0) is 17.6. The largest absolute Gasteiger partial charge is 0.351 e. The molecule has 1 heterocycles. The predicted molar refractivity (Wildman–Crippen MR) is 105 cm³/mol. The number of hydrogen-bond acceptors (Lipinski definition) is 4. The van der Waals surface area contributed by atoms with E-state index >= 15 is 0 Å². The van der Waals surface area contributed by atoms with Crippen LogP contribution in [0.15, 0.2) is 54.6 Å². The predicted octanol–water partition coefficient (Wildman–Crippen LogP) is 1.52. The molecule has 1 unspecified atom stereocenters. The fourth-order valence-corrected chi connectivity index (χ4v) is 2.97. The van der Waals surface area contributed by atoms with Gasteiger partial charge in [-0.1, -0.05) is 42.5 Å². The normalized spacial score (nSPS) is 18.7. The van der Waals surface area contributed by atoms with Crippen LogP contribution in [0.2, 0.25) is 0 Å². The third kappa shape index (κ3) is 5.05. The fourth-order valence-electron chi connectivity index (χ4n) is 2.97. The number of hydrogen-bond donors (Lipinski definition) is 4. The smallest absolute Gasteiger partial charge is 0.241 e. The van der Waals surface area contributed by atoms with E-state index in [-0.39, 0.29) is 42.8 Å². The van der Waals surface area contributed by atoms with Gasteiger partial charge < -0.3 is 21.7 Å². The van der Waals surface area contributed by atoms with Crippen LogP contribution in [0.4, 0.5) is 5.69 Å². The van der Waals surface area contributed by atoms with Crippen molar-refractivity contribution >= 4 is 29.9 Å². The van der Waals surface area contributed by atoms with Crippen LogP contribution in [0.1, 0.15) is 6.42 Å². The van der Waals surface area contributed by atoms with Crippen molar-refractivity contribution in [2.45, 2.75) is 18.5 Å². The molecule has 1 aliphatic rings. The molecule has 5 N–H and O–H groups in total. The zero-order valence-corrected chi connectivity index (χ0v) is 15.1. The van der Waals surface area contributed by atoms with Gasteiger partial charge in [-0.15, -0.1) is 12.4 Å². The standard InChI is InChI=1S/C19H22N4O2.ClH/c20-11-18(24)22-16-10-17(21-12-16)19(25)23-15-8-4-7-14(9-15)13-5-2-1-3-6-13;/h1-9,16-17,21H,10-12,20H2,(H,22,24)(H,23,25);1H/t16?,17-;/m0./s1. The van der Waals surface area contributed by atoms with Gasteiger partial charge in [-0.2, -0.15) is 0 Å². The van der Waals surface area contributed by atoms with Gasteiger partial charge in [0.1, 0.15) is 0 Å². The summed E-state index contributed by atoms with van der Waals surface area (Å²) in [4.78, 5) is 23.8. The van der Waals surface area contributed by atoms with E-state index in [4.69, 9.17) is 5.73 Å². The highest BCUT2D eigenvalue weighted by Crippen LogP contribution is 2.22. The molecule has 1 saturated heterocycles. The second-order valence-corrected chi connectivity index (χ2v) is 6.10. The fraction of sp³-hybridized carbons (Fsp3) is 0.263. The SMILES string of the molecule is Cl.NCC(=O)NC1CN[C@H](C(=O)Nc2cccc(-c3ccccc3)c2)C1. The molecule has 26 heavy (non-hydrogen) atoms. The van der Waals surface area contributed by atoms with Crippen molar-refractivity contribution in [3.8, 4) is 11.1 Å². The zero-order valence-electron chi connectivity index (χ0n) is 14.3. The molecule has 0 radical (unpaired) electrons. The minimum absolute atomic E-state index is 0. The number of nitrogens with one attached hydrogen (secondary N) is 3. The molecular weight excluding hydrogens is 352 g/mol. The number of halogens is 1. The maximum absolute atomic E-state index is 12.5. The lowest BCUT2D eigenvalue weighted by Crippen LogP contribution is -2.39. The highest BCUT2D eigenvalue weighted by molar-refractivity contribution is 5.95. The van der Waals surface area contributed by atoms with Crippen LogP contribution < -0.4 is 21.7 Å². The Labute approximate surface area is 159 Å². The summed E-state index contributed by atoms with van der Waals surface area (Å²) in [6, 6.07) is 17.4. The summed E-state index contributed by atoms with van der Waals surface area (Å²) in [6.07, 6.45) is 0.552. The molecule has 2 aromatic carbocycles. The second-order valence-electron chi connectivity index (χ2n) is 6.10. The van der Waals surface area contributed by atoms with Crippen LogP contribution in [-0.4, -0.2) is 37.0 Å². The van der Waals surface area contributed by atoms with Crippen molar-refractivity contribution in [2.75, 3.05) is 18.4 Å². The van der Waals surface area contributed by atoms with Crippen molar-refractivity contribution in [3.63, 3.8) is 0 Å². The van der Waals surface area contributed by atoms with Gasteiger partial charge in [-0.3, -0.25) is 9.59 Å². The maximum atomic E-state index is 12.5. The van der Waals surface area contributed by atoms with Crippen molar-refractivity contribution in [2.24, 2.45) is 5.73 Å². The number of rotatable bonds is 5. The molecule has 0 bridgehead atoms. The first-order chi connectivity index (χ1) is 12.2. The summed E-state index contributed by atoms with van der Waals surface area (Å²) in [6.45, 7) is 0.521. The summed E-state index contributed by atoms with van der Waals surface area (Å²) in [7, 11) is 0. The third-order valence-electron chi connectivity index (χ3n) is 4.24. The Morgan fingerprint density at radius 1 is 1.08 bits per heavy atom. The molecule has 1 fully saturated rings. The summed E-state index contributed by atoms with van der Waals surface area (Å²) in [5.41, 5.74) is 8.20. The second kappa shape index (κ2) is 9.33. The average Bonchev–Trinajstić information content (AvgIpc) is 3.11. The average molecular weight is 375 g/mol. The van der Waals surface area contributed by atoms with E-state index < -0.39 is 0 Å². The molecule has 2 aromatic rings. The van der Waals surface area contributed by atoms with E-state index in [9.17, 15) is 9.59 Å². The molecule has 0 saturated carbocycles. The van der Waals surface area contributed by atoms with Gasteiger partial charge in [-0.05, 0) is 29.7 Å². The minimum Gasteiger partial charge on any atom is -0.351 e. The number of carbonyl (C=O) groups is 2. The van der Waals surface area contributed by atoms with Crippen LogP contribution in [0.3, 0.4) is 0 Å². The Hall–Kier alpha value is -2.41. The van der Waals surface area contributed by atoms with E-state index in [0.29, 0.717) is 13.0 Å². The number of carbonyl (C=O) groups excluding carboxylic acids is 2. The van der Waals surface area contributed by atoms with Crippen molar-refractivity contribution in [3.05, 3.63) is 54.6 Å². The number of anilines is 1. The van der Waals surface area contributed by atoms with Crippen LogP contribution in [0.25, 0.3) is 11.1 Å². The van der Waals surface area contributed by atoms with Gasteiger partial charge in [0.15, 0.2) is 0 Å². The number of amides is 2. The van der Waals surface area contributed by atoms with E-state index in [1.807, 2.05) is 54.6 Å². The first kappa shape index (κ1) is 19.9. The molecule has 6 nitrogen and oxygen atoms in total. The molecule has 2 amide bonds. The van der Waals surface area contributed by atoms with E-state index in [2.05, 4.69) is 16.0 Å². The first-order valence-electron chi connectivity index (χ1n) is 8.35. The molecule has 1 aliphatic heterocycles. The van der Waals surface area contributed by atoms with Crippen LogP contribution in [-0.2, 0) is 9.59 Å². The molecule has 2 atom stereocenters. The van der Waals surface area contributed by atoms with Crippen molar-refractivity contribution < 1.29 is 9.59 Å². The quantitative estimate of drug-likeness (QED) is 0.638. The summed E-state index contributed by atoms with van der Waals surface area (Å²) < 4.78 is 0. The third-order valence-corrected chi connectivity index (χ3v) is 4.24. The Morgan fingerprint density at radius 3 is 2.54 bits per heavy atom. The molecule has 138 valence electrons.